The molecule has 1 heterocycles. The lowest BCUT2D eigenvalue weighted by Crippen LogP contribution is -2.38. The smallest absolute Gasteiger partial charge is 0.191 e. The maximum atomic E-state index is 11.6. The Balaban J connectivity index is 1.59. The van der Waals surface area contributed by atoms with E-state index in [1.165, 1.54) is 11.8 Å². The van der Waals surface area contributed by atoms with Crippen LogP contribution in [0.25, 0.3) is 0 Å². The first-order valence-electron chi connectivity index (χ1n) is 10.3. The standard InChI is InChI=1S/C23H29N5O2S/c1-3-24-23(25-15-13-19-9-11-22(12-10-19)31(2,29)30)26-17-20-7-4-5-8-21(20)18-28-16-6-14-27-28/h4-12,14,16H,3,13,15,17-18H2,1-2H3,(H2,24,25,26). The van der Waals surface area contributed by atoms with Crippen LogP contribution in [0, 0.1) is 0 Å². The second-order valence-electron chi connectivity index (χ2n) is 7.26. The summed E-state index contributed by atoms with van der Waals surface area (Å²) in [5, 5.41) is 10.9. The van der Waals surface area contributed by atoms with Crippen LogP contribution in [-0.2, 0) is 29.3 Å². The molecule has 3 rings (SSSR count). The molecule has 2 aromatic carbocycles. The van der Waals surface area contributed by atoms with Gasteiger partial charge in [0.15, 0.2) is 15.8 Å². The molecule has 0 spiro atoms. The summed E-state index contributed by atoms with van der Waals surface area (Å²) in [5.74, 6) is 0.754. The van der Waals surface area contributed by atoms with Gasteiger partial charge in [-0.3, -0.25) is 4.68 Å². The van der Waals surface area contributed by atoms with Crippen LogP contribution >= 0.6 is 0 Å². The molecule has 0 aliphatic heterocycles. The lowest BCUT2D eigenvalue weighted by molar-refractivity contribution is 0.602. The van der Waals surface area contributed by atoms with Gasteiger partial charge in [0.2, 0.25) is 0 Å². The monoisotopic (exact) mass is 439 g/mol. The summed E-state index contributed by atoms with van der Waals surface area (Å²) in [6.07, 6.45) is 5.72. The van der Waals surface area contributed by atoms with E-state index in [-0.39, 0.29) is 0 Å². The van der Waals surface area contributed by atoms with Crippen LogP contribution in [0.4, 0.5) is 0 Å². The molecular weight excluding hydrogens is 410 g/mol. The van der Waals surface area contributed by atoms with Crippen molar-refractivity contribution in [2.75, 3.05) is 19.3 Å². The topological polar surface area (TPSA) is 88.4 Å². The Bertz CT molecular complexity index is 1090. The molecule has 3 aromatic rings. The van der Waals surface area contributed by atoms with Gasteiger partial charge in [-0.2, -0.15) is 5.10 Å². The van der Waals surface area contributed by atoms with Gasteiger partial charge in [0.25, 0.3) is 0 Å². The highest BCUT2D eigenvalue weighted by molar-refractivity contribution is 7.90. The third-order valence-electron chi connectivity index (χ3n) is 4.82. The molecular formula is C23H29N5O2S. The van der Waals surface area contributed by atoms with E-state index < -0.39 is 9.84 Å². The van der Waals surface area contributed by atoms with Crippen molar-refractivity contribution in [2.45, 2.75) is 31.3 Å². The van der Waals surface area contributed by atoms with Crippen molar-refractivity contribution in [3.05, 3.63) is 83.7 Å². The Morgan fingerprint density at radius 3 is 2.42 bits per heavy atom. The predicted molar refractivity (Wildman–Crippen MR) is 124 cm³/mol. The summed E-state index contributed by atoms with van der Waals surface area (Å²) < 4.78 is 25.1. The minimum absolute atomic E-state index is 0.341. The number of sulfone groups is 1. The Kier molecular flexibility index (Phi) is 7.83. The van der Waals surface area contributed by atoms with Gasteiger partial charge in [-0.25, -0.2) is 13.4 Å². The number of hydrogen-bond donors (Lipinski definition) is 2. The zero-order valence-corrected chi connectivity index (χ0v) is 18.8. The average Bonchev–Trinajstić information content (AvgIpc) is 3.26. The molecule has 31 heavy (non-hydrogen) atoms. The van der Waals surface area contributed by atoms with Gasteiger partial charge in [-0.1, -0.05) is 36.4 Å². The van der Waals surface area contributed by atoms with E-state index in [9.17, 15) is 8.42 Å². The summed E-state index contributed by atoms with van der Waals surface area (Å²) in [5.41, 5.74) is 3.42. The molecule has 0 radical (unpaired) electrons. The third kappa shape index (κ3) is 6.96. The third-order valence-corrected chi connectivity index (χ3v) is 5.95. The number of aliphatic imine (C=N–C) groups is 1. The van der Waals surface area contributed by atoms with Crippen molar-refractivity contribution in [3.8, 4) is 0 Å². The largest absolute Gasteiger partial charge is 0.357 e. The van der Waals surface area contributed by atoms with Gasteiger partial charge in [0.05, 0.1) is 18.0 Å². The van der Waals surface area contributed by atoms with E-state index in [2.05, 4.69) is 27.9 Å². The second-order valence-corrected chi connectivity index (χ2v) is 9.28. The molecule has 0 atom stereocenters. The van der Waals surface area contributed by atoms with Crippen LogP contribution in [0.1, 0.15) is 23.6 Å². The fraction of sp³-hybridized carbons (Fsp3) is 0.304. The van der Waals surface area contributed by atoms with Gasteiger partial charge in [-0.15, -0.1) is 0 Å². The van der Waals surface area contributed by atoms with Gasteiger partial charge in [0, 0.05) is 31.7 Å². The molecule has 0 aliphatic carbocycles. The van der Waals surface area contributed by atoms with Crippen LogP contribution in [0.15, 0.2) is 76.9 Å². The summed E-state index contributed by atoms with van der Waals surface area (Å²) >= 11 is 0. The summed E-state index contributed by atoms with van der Waals surface area (Å²) in [6, 6.07) is 17.2. The number of guanidine groups is 1. The normalized spacial score (nSPS) is 12.0. The Morgan fingerprint density at radius 2 is 1.77 bits per heavy atom. The molecule has 7 nitrogen and oxygen atoms in total. The van der Waals surface area contributed by atoms with E-state index in [4.69, 9.17) is 4.99 Å². The lowest BCUT2D eigenvalue weighted by Gasteiger charge is -2.13. The van der Waals surface area contributed by atoms with Gasteiger partial charge >= 0.3 is 0 Å². The highest BCUT2D eigenvalue weighted by atomic mass is 32.2. The molecule has 8 heteroatoms. The minimum Gasteiger partial charge on any atom is -0.357 e. The van der Waals surface area contributed by atoms with Crippen molar-refractivity contribution in [1.29, 1.82) is 0 Å². The van der Waals surface area contributed by atoms with E-state index in [1.807, 2.05) is 48.1 Å². The lowest BCUT2D eigenvalue weighted by atomic mass is 10.1. The average molecular weight is 440 g/mol. The second kappa shape index (κ2) is 10.8. The highest BCUT2D eigenvalue weighted by Crippen LogP contribution is 2.12. The van der Waals surface area contributed by atoms with Crippen LogP contribution in [0.3, 0.4) is 0 Å². The number of rotatable bonds is 9. The first kappa shape index (κ1) is 22.6. The maximum absolute atomic E-state index is 11.6. The van der Waals surface area contributed by atoms with Crippen molar-refractivity contribution >= 4 is 15.8 Å². The summed E-state index contributed by atoms with van der Waals surface area (Å²) in [4.78, 5) is 5.08. The molecule has 0 saturated heterocycles. The molecule has 0 saturated carbocycles. The van der Waals surface area contributed by atoms with E-state index in [0.29, 0.717) is 24.5 Å². The Labute approximate surface area is 184 Å². The molecule has 164 valence electrons. The zero-order chi connectivity index (χ0) is 22.1. The SMILES string of the molecule is CCNC(=NCc1ccccc1Cn1cccn1)NCCc1ccc(S(C)(=O)=O)cc1. The van der Waals surface area contributed by atoms with Crippen LogP contribution in [0.5, 0.6) is 0 Å². The zero-order valence-electron chi connectivity index (χ0n) is 18.0. The summed E-state index contributed by atoms with van der Waals surface area (Å²) in [6.45, 7) is 4.78. The van der Waals surface area contributed by atoms with Crippen molar-refractivity contribution in [1.82, 2.24) is 20.4 Å². The number of nitrogens with zero attached hydrogens (tertiary/aromatic N) is 3. The molecule has 0 bridgehead atoms. The molecule has 0 aliphatic rings. The first-order chi connectivity index (χ1) is 15.0. The van der Waals surface area contributed by atoms with E-state index >= 15 is 0 Å². The molecule has 0 amide bonds. The molecule has 2 N–H and O–H groups in total. The van der Waals surface area contributed by atoms with Gasteiger partial charge in [-0.05, 0) is 48.2 Å². The maximum Gasteiger partial charge on any atom is 0.191 e. The van der Waals surface area contributed by atoms with Gasteiger partial charge in [0.1, 0.15) is 0 Å². The van der Waals surface area contributed by atoms with E-state index in [1.54, 1.807) is 18.3 Å². The number of aromatic nitrogens is 2. The molecule has 0 unspecified atom stereocenters. The van der Waals surface area contributed by atoms with Crippen LogP contribution in [0.2, 0.25) is 0 Å². The van der Waals surface area contributed by atoms with Gasteiger partial charge < -0.3 is 10.6 Å². The minimum atomic E-state index is -3.17. The molecule has 0 fully saturated rings. The quantitative estimate of drug-likeness (QED) is 0.395. The number of nitrogens with one attached hydrogen (secondary N) is 2. The summed E-state index contributed by atoms with van der Waals surface area (Å²) in [7, 11) is -3.17. The predicted octanol–water partition coefficient (Wildman–Crippen LogP) is 2.63. The number of hydrogen-bond acceptors (Lipinski definition) is 4. The van der Waals surface area contributed by atoms with Crippen molar-refractivity contribution in [2.24, 2.45) is 4.99 Å². The Hall–Kier alpha value is -3.13. The van der Waals surface area contributed by atoms with E-state index in [0.717, 1.165) is 30.1 Å². The Morgan fingerprint density at radius 1 is 1.03 bits per heavy atom. The molecule has 1 aromatic heterocycles. The fourth-order valence-electron chi connectivity index (χ4n) is 3.17. The van der Waals surface area contributed by atoms with Crippen LogP contribution < -0.4 is 10.6 Å². The van der Waals surface area contributed by atoms with Crippen molar-refractivity contribution < 1.29 is 8.42 Å². The van der Waals surface area contributed by atoms with Crippen molar-refractivity contribution in [3.63, 3.8) is 0 Å². The van der Waals surface area contributed by atoms with Crippen LogP contribution in [-0.4, -0.2) is 43.5 Å². The highest BCUT2D eigenvalue weighted by Gasteiger charge is 2.07. The first-order valence-corrected chi connectivity index (χ1v) is 12.2. The fourth-order valence-corrected chi connectivity index (χ4v) is 3.80. The number of benzene rings is 2.